The number of nitrogens with zero attached hydrogens (tertiary/aromatic N) is 5. The standard InChI is InChI=1S/C22H24F6N8O/c1-11-4-21(24,25)10-36(15(11)9-35-20-33-5-13(6-34-20)22(26,27)28)19(37)17(29)16(12(2)30-3)18-31-7-14(23)8-32-18/h5-8,11,15,29-30H,4,9-10H2,1-3H3,(H,33,34,35)/b16-12+,29-17?/t11-,15?/m1/s1. The first-order valence-electron chi connectivity index (χ1n) is 11.0. The maximum absolute atomic E-state index is 14.5. The summed E-state index contributed by atoms with van der Waals surface area (Å²) in [6, 6.07) is -0.886. The van der Waals surface area contributed by atoms with Crippen molar-refractivity contribution in [3.05, 3.63) is 47.7 Å². The minimum atomic E-state index is -4.63. The lowest BCUT2D eigenvalue weighted by molar-refractivity contribution is -0.145. The summed E-state index contributed by atoms with van der Waals surface area (Å²) in [5.41, 5.74) is -1.59. The minimum absolute atomic E-state index is 0.105. The van der Waals surface area contributed by atoms with Gasteiger partial charge in [-0.2, -0.15) is 13.2 Å². The normalized spacial score (nSPS) is 20.2. The van der Waals surface area contributed by atoms with Crippen LogP contribution >= 0.6 is 0 Å². The molecule has 2 atom stereocenters. The van der Waals surface area contributed by atoms with E-state index in [1.54, 1.807) is 0 Å². The molecule has 1 amide bonds. The molecule has 15 heteroatoms. The average Bonchev–Trinajstić information content (AvgIpc) is 2.83. The molecule has 3 rings (SSSR count). The topological polar surface area (TPSA) is 120 Å². The maximum Gasteiger partial charge on any atom is 0.419 e. The van der Waals surface area contributed by atoms with Crippen LogP contribution in [0.4, 0.5) is 32.3 Å². The number of hydrogen-bond acceptors (Lipinski definition) is 8. The first-order chi connectivity index (χ1) is 17.2. The predicted octanol–water partition coefficient (Wildman–Crippen LogP) is 3.38. The van der Waals surface area contributed by atoms with Crippen LogP contribution in [0.1, 0.15) is 31.7 Å². The molecule has 2 aromatic rings. The molecule has 1 unspecified atom stereocenters. The van der Waals surface area contributed by atoms with Gasteiger partial charge in [0.25, 0.3) is 11.8 Å². The molecule has 0 radical (unpaired) electrons. The van der Waals surface area contributed by atoms with Crippen molar-refractivity contribution in [2.24, 2.45) is 5.92 Å². The number of carbonyl (C=O) groups excluding carboxylic acids is 1. The fourth-order valence-electron chi connectivity index (χ4n) is 3.92. The molecule has 9 nitrogen and oxygen atoms in total. The molecule has 37 heavy (non-hydrogen) atoms. The van der Waals surface area contributed by atoms with Crippen LogP contribution in [0.3, 0.4) is 0 Å². The summed E-state index contributed by atoms with van der Waals surface area (Å²) < 4.78 is 80.6. The fraction of sp³-hybridized carbons (Fsp3) is 0.455. The van der Waals surface area contributed by atoms with Gasteiger partial charge in [0.05, 0.1) is 36.1 Å². The summed E-state index contributed by atoms with van der Waals surface area (Å²) in [7, 11) is 1.50. The second-order valence-corrected chi connectivity index (χ2v) is 8.56. The van der Waals surface area contributed by atoms with E-state index in [9.17, 15) is 31.1 Å². The van der Waals surface area contributed by atoms with Gasteiger partial charge in [-0.15, -0.1) is 0 Å². The lowest BCUT2D eigenvalue weighted by Gasteiger charge is -2.43. The summed E-state index contributed by atoms with van der Waals surface area (Å²) in [6.45, 7) is 1.85. The van der Waals surface area contributed by atoms with Gasteiger partial charge in [0.1, 0.15) is 5.71 Å². The van der Waals surface area contributed by atoms with Crippen LogP contribution in [0.2, 0.25) is 0 Å². The molecule has 0 bridgehead atoms. The number of halogens is 6. The van der Waals surface area contributed by atoms with Crippen LogP contribution in [0.5, 0.6) is 0 Å². The van der Waals surface area contributed by atoms with Gasteiger partial charge >= 0.3 is 6.18 Å². The number of piperidine rings is 1. The maximum atomic E-state index is 14.5. The van der Waals surface area contributed by atoms with Crippen molar-refractivity contribution in [2.45, 2.75) is 38.4 Å². The molecule has 2 aromatic heterocycles. The Balaban J connectivity index is 1.88. The zero-order valence-electron chi connectivity index (χ0n) is 20.0. The Morgan fingerprint density at radius 2 is 1.76 bits per heavy atom. The lowest BCUT2D eigenvalue weighted by atomic mass is 9.87. The number of alkyl halides is 5. The van der Waals surface area contributed by atoms with E-state index >= 15 is 0 Å². The quantitative estimate of drug-likeness (QED) is 0.371. The SMILES string of the molecule is CN/C(C)=C(\C(=N)C(=O)N1CC(F)(F)C[C@@H](C)C1CNc1ncc(C(F)(F)F)cn1)c1ncc(F)cn1. The van der Waals surface area contributed by atoms with Gasteiger partial charge < -0.3 is 15.5 Å². The molecule has 0 spiro atoms. The molecule has 1 aliphatic rings. The zero-order valence-corrected chi connectivity index (χ0v) is 20.0. The van der Waals surface area contributed by atoms with Gasteiger partial charge in [-0.1, -0.05) is 6.92 Å². The van der Waals surface area contributed by atoms with Crippen molar-refractivity contribution in [2.75, 3.05) is 25.5 Å². The van der Waals surface area contributed by atoms with Crippen LogP contribution in [0.25, 0.3) is 5.57 Å². The van der Waals surface area contributed by atoms with Crippen molar-refractivity contribution in [3.63, 3.8) is 0 Å². The number of rotatable bonds is 7. The van der Waals surface area contributed by atoms with E-state index in [0.717, 1.165) is 17.3 Å². The largest absolute Gasteiger partial charge is 0.419 e. The fourth-order valence-corrected chi connectivity index (χ4v) is 3.92. The third kappa shape index (κ3) is 6.51. The number of aromatic nitrogens is 4. The van der Waals surface area contributed by atoms with Crippen molar-refractivity contribution < 1.29 is 31.1 Å². The molecular weight excluding hydrogens is 506 g/mol. The highest BCUT2D eigenvalue weighted by atomic mass is 19.4. The Kier molecular flexibility index (Phi) is 8.03. The van der Waals surface area contributed by atoms with E-state index in [1.165, 1.54) is 20.9 Å². The van der Waals surface area contributed by atoms with Crippen LogP contribution in [-0.4, -0.2) is 68.6 Å². The van der Waals surface area contributed by atoms with Gasteiger partial charge in [0.2, 0.25) is 5.95 Å². The molecule has 0 aliphatic carbocycles. The van der Waals surface area contributed by atoms with Gasteiger partial charge in [0, 0.05) is 38.1 Å². The van der Waals surface area contributed by atoms with Crippen LogP contribution in [0, 0.1) is 17.1 Å². The van der Waals surface area contributed by atoms with E-state index < -0.39 is 60.0 Å². The third-order valence-electron chi connectivity index (χ3n) is 5.85. The third-order valence-corrected chi connectivity index (χ3v) is 5.85. The molecule has 3 N–H and O–H groups in total. The first-order valence-corrected chi connectivity index (χ1v) is 11.0. The molecule has 1 saturated heterocycles. The Hall–Kier alpha value is -3.78. The molecule has 0 aromatic carbocycles. The van der Waals surface area contributed by atoms with Gasteiger partial charge in [-0.05, 0) is 12.8 Å². The van der Waals surface area contributed by atoms with Gasteiger partial charge in [-0.3, -0.25) is 10.2 Å². The number of likely N-dealkylation sites (tertiary alicyclic amines) is 1. The van der Waals surface area contributed by atoms with Crippen molar-refractivity contribution in [1.82, 2.24) is 30.2 Å². The summed E-state index contributed by atoms with van der Waals surface area (Å²) in [5.74, 6) is -6.15. The number of carbonyl (C=O) groups is 1. The van der Waals surface area contributed by atoms with Crippen molar-refractivity contribution in [1.29, 1.82) is 5.41 Å². The smallest absolute Gasteiger partial charge is 0.391 e. The van der Waals surface area contributed by atoms with E-state index in [2.05, 4.69) is 30.6 Å². The van der Waals surface area contributed by atoms with Crippen LogP contribution in [-0.2, 0) is 11.0 Å². The predicted molar refractivity (Wildman–Crippen MR) is 121 cm³/mol. The Morgan fingerprint density at radius 1 is 1.16 bits per heavy atom. The molecule has 1 fully saturated rings. The zero-order chi connectivity index (χ0) is 27.5. The molecule has 1 aliphatic heterocycles. The molecule has 200 valence electrons. The van der Waals surface area contributed by atoms with E-state index in [-0.39, 0.29) is 29.6 Å². The second-order valence-electron chi connectivity index (χ2n) is 8.56. The highest BCUT2D eigenvalue weighted by molar-refractivity contribution is 6.54. The Morgan fingerprint density at radius 3 is 2.30 bits per heavy atom. The van der Waals surface area contributed by atoms with Crippen LogP contribution in [0.15, 0.2) is 30.5 Å². The molecule has 3 heterocycles. The van der Waals surface area contributed by atoms with E-state index in [4.69, 9.17) is 5.41 Å². The van der Waals surface area contributed by atoms with Gasteiger partial charge in [-0.25, -0.2) is 33.1 Å². The summed E-state index contributed by atoms with van der Waals surface area (Å²) in [4.78, 5) is 29.0. The number of hydrogen-bond donors (Lipinski definition) is 3. The summed E-state index contributed by atoms with van der Waals surface area (Å²) in [6.07, 6.45) is -2.34. The highest BCUT2D eigenvalue weighted by Crippen LogP contribution is 2.35. The molecular formula is C22H24F6N8O. The first kappa shape index (κ1) is 27.8. The summed E-state index contributed by atoms with van der Waals surface area (Å²) in [5, 5.41) is 14.0. The molecule has 0 saturated carbocycles. The van der Waals surface area contributed by atoms with Crippen LogP contribution < -0.4 is 10.6 Å². The second kappa shape index (κ2) is 10.7. The number of amides is 1. The van der Waals surface area contributed by atoms with E-state index in [1.807, 2.05) is 0 Å². The monoisotopic (exact) mass is 530 g/mol. The van der Waals surface area contributed by atoms with Gasteiger partial charge in [0.15, 0.2) is 11.6 Å². The lowest BCUT2D eigenvalue weighted by Crippen LogP contribution is -2.59. The summed E-state index contributed by atoms with van der Waals surface area (Å²) >= 11 is 0. The Bertz CT molecular complexity index is 1170. The average molecular weight is 530 g/mol. The minimum Gasteiger partial charge on any atom is -0.391 e. The highest BCUT2D eigenvalue weighted by Gasteiger charge is 2.47. The number of nitrogens with one attached hydrogen (secondary N) is 3. The number of anilines is 1. The van der Waals surface area contributed by atoms with E-state index in [0.29, 0.717) is 12.4 Å². The van der Waals surface area contributed by atoms with Crippen molar-refractivity contribution >= 4 is 23.1 Å². The Labute approximate surface area is 207 Å². The number of allylic oxidation sites excluding steroid dienone is 1. The van der Waals surface area contributed by atoms with Crippen molar-refractivity contribution in [3.8, 4) is 0 Å².